The molecule has 17 heavy (non-hydrogen) atoms. The van der Waals surface area contributed by atoms with Gasteiger partial charge in [0.05, 0.1) is 4.47 Å². The molecule has 0 aliphatic carbocycles. The van der Waals surface area contributed by atoms with Gasteiger partial charge in [0, 0.05) is 12.3 Å². The molecule has 7 heteroatoms. The molecule has 1 heterocycles. The van der Waals surface area contributed by atoms with Crippen LogP contribution in [0.3, 0.4) is 0 Å². The molecule has 1 aromatic carbocycles. The maximum Gasteiger partial charge on any atom is 0.240 e. The fourth-order valence-corrected chi connectivity index (χ4v) is 1.57. The van der Waals surface area contributed by atoms with Gasteiger partial charge in [-0.15, -0.1) is 0 Å². The van der Waals surface area contributed by atoms with Gasteiger partial charge in [-0.1, -0.05) is 0 Å². The zero-order valence-electron chi connectivity index (χ0n) is 8.52. The van der Waals surface area contributed by atoms with Crippen molar-refractivity contribution in [2.24, 2.45) is 5.84 Å². The number of benzene rings is 1. The SMILES string of the molecule is NNc1nccc(Oc2ccc(F)cc2Br)n1. The fourth-order valence-electron chi connectivity index (χ4n) is 1.14. The van der Waals surface area contributed by atoms with Crippen LogP contribution in [0.15, 0.2) is 34.9 Å². The lowest BCUT2D eigenvalue weighted by Gasteiger charge is -2.07. The third kappa shape index (κ3) is 2.89. The number of hydrogen-bond acceptors (Lipinski definition) is 5. The van der Waals surface area contributed by atoms with Gasteiger partial charge in [0.25, 0.3) is 0 Å². The maximum absolute atomic E-state index is 12.9. The van der Waals surface area contributed by atoms with E-state index in [1.165, 1.54) is 24.4 Å². The molecule has 5 nitrogen and oxygen atoms in total. The molecule has 3 N–H and O–H groups in total. The van der Waals surface area contributed by atoms with Crippen LogP contribution in [0, 0.1) is 5.82 Å². The lowest BCUT2D eigenvalue weighted by atomic mass is 10.3. The van der Waals surface area contributed by atoms with E-state index in [-0.39, 0.29) is 11.8 Å². The van der Waals surface area contributed by atoms with E-state index in [1.54, 1.807) is 6.07 Å². The van der Waals surface area contributed by atoms with E-state index in [9.17, 15) is 4.39 Å². The van der Waals surface area contributed by atoms with Crippen molar-refractivity contribution in [1.82, 2.24) is 9.97 Å². The average Bonchev–Trinajstić information content (AvgIpc) is 2.33. The van der Waals surface area contributed by atoms with Gasteiger partial charge < -0.3 is 4.74 Å². The molecular formula is C10H8BrFN4O. The lowest BCUT2D eigenvalue weighted by Crippen LogP contribution is -2.10. The third-order valence-electron chi connectivity index (χ3n) is 1.87. The summed E-state index contributed by atoms with van der Waals surface area (Å²) in [4.78, 5) is 7.80. The summed E-state index contributed by atoms with van der Waals surface area (Å²) in [5, 5.41) is 0. The summed E-state index contributed by atoms with van der Waals surface area (Å²) in [6, 6.07) is 5.66. The van der Waals surface area contributed by atoms with Crippen molar-refractivity contribution in [1.29, 1.82) is 0 Å². The van der Waals surface area contributed by atoms with Crippen LogP contribution in [0.1, 0.15) is 0 Å². The highest BCUT2D eigenvalue weighted by atomic mass is 79.9. The number of nitrogens with zero attached hydrogens (tertiary/aromatic N) is 2. The molecule has 88 valence electrons. The van der Waals surface area contributed by atoms with Crippen LogP contribution in [0.5, 0.6) is 11.6 Å². The molecule has 1 aromatic heterocycles. The molecule has 0 unspecified atom stereocenters. The Hall–Kier alpha value is -1.73. The summed E-state index contributed by atoms with van der Waals surface area (Å²) in [7, 11) is 0. The summed E-state index contributed by atoms with van der Waals surface area (Å²) in [5.41, 5.74) is 2.30. The average molecular weight is 299 g/mol. The van der Waals surface area contributed by atoms with Crippen LogP contribution in [-0.2, 0) is 0 Å². The van der Waals surface area contributed by atoms with Crippen LogP contribution in [-0.4, -0.2) is 9.97 Å². The largest absolute Gasteiger partial charge is 0.438 e. The van der Waals surface area contributed by atoms with Gasteiger partial charge in [0.1, 0.15) is 11.6 Å². The quantitative estimate of drug-likeness (QED) is 0.673. The minimum atomic E-state index is -0.351. The Morgan fingerprint density at radius 3 is 2.88 bits per heavy atom. The normalized spacial score (nSPS) is 10.1. The summed E-state index contributed by atoms with van der Waals surface area (Å²) >= 11 is 3.19. The first kappa shape index (κ1) is 11.7. The number of nitrogens with two attached hydrogens (primary N) is 1. The molecule has 0 bridgehead atoms. The number of nitrogens with one attached hydrogen (secondary N) is 1. The molecule has 2 rings (SSSR count). The summed E-state index contributed by atoms with van der Waals surface area (Å²) < 4.78 is 18.8. The molecule has 0 spiro atoms. The Kier molecular flexibility index (Phi) is 3.50. The topological polar surface area (TPSA) is 73.1 Å². The zero-order valence-corrected chi connectivity index (χ0v) is 10.1. The number of hydrogen-bond donors (Lipinski definition) is 2. The second-order valence-electron chi connectivity index (χ2n) is 3.04. The van der Waals surface area contributed by atoms with Crippen LogP contribution >= 0.6 is 15.9 Å². The molecule has 0 amide bonds. The number of aromatic nitrogens is 2. The Morgan fingerprint density at radius 1 is 1.35 bits per heavy atom. The highest BCUT2D eigenvalue weighted by Gasteiger charge is 2.05. The number of halogens is 2. The number of nitrogen functional groups attached to an aromatic ring is 1. The number of hydrazine groups is 1. The Bertz CT molecular complexity index is 537. The Balaban J connectivity index is 2.25. The van der Waals surface area contributed by atoms with Crippen molar-refractivity contribution in [2.45, 2.75) is 0 Å². The number of ether oxygens (including phenoxy) is 1. The van der Waals surface area contributed by atoms with Gasteiger partial charge in [-0.2, -0.15) is 4.98 Å². The Morgan fingerprint density at radius 2 is 2.18 bits per heavy atom. The van der Waals surface area contributed by atoms with Gasteiger partial charge >= 0.3 is 0 Å². The lowest BCUT2D eigenvalue weighted by molar-refractivity contribution is 0.457. The van der Waals surface area contributed by atoms with E-state index in [0.29, 0.717) is 16.1 Å². The second kappa shape index (κ2) is 5.07. The van der Waals surface area contributed by atoms with E-state index in [4.69, 9.17) is 10.6 Å². The van der Waals surface area contributed by atoms with Gasteiger partial charge in [-0.25, -0.2) is 15.2 Å². The van der Waals surface area contributed by atoms with E-state index in [0.717, 1.165) is 0 Å². The highest BCUT2D eigenvalue weighted by molar-refractivity contribution is 9.10. The maximum atomic E-state index is 12.9. The van der Waals surface area contributed by atoms with E-state index in [2.05, 4.69) is 31.3 Å². The van der Waals surface area contributed by atoms with Crippen molar-refractivity contribution < 1.29 is 9.13 Å². The van der Waals surface area contributed by atoms with E-state index in [1.807, 2.05) is 0 Å². The smallest absolute Gasteiger partial charge is 0.240 e. The van der Waals surface area contributed by atoms with Gasteiger partial charge in [-0.3, -0.25) is 5.43 Å². The predicted octanol–water partition coefficient (Wildman–Crippen LogP) is 2.46. The molecule has 0 aliphatic heterocycles. The van der Waals surface area contributed by atoms with Crippen molar-refractivity contribution in [2.75, 3.05) is 5.43 Å². The number of rotatable bonds is 3. The monoisotopic (exact) mass is 298 g/mol. The van der Waals surface area contributed by atoms with Crippen molar-refractivity contribution in [3.05, 3.63) is 40.8 Å². The predicted molar refractivity (Wildman–Crippen MR) is 64.0 cm³/mol. The van der Waals surface area contributed by atoms with Gasteiger partial charge in [0.15, 0.2) is 0 Å². The zero-order chi connectivity index (χ0) is 12.3. The fraction of sp³-hybridized carbons (Fsp3) is 0. The van der Waals surface area contributed by atoms with E-state index >= 15 is 0 Å². The van der Waals surface area contributed by atoms with Gasteiger partial charge in [-0.05, 0) is 34.1 Å². The first-order valence-electron chi connectivity index (χ1n) is 4.61. The highest BCUT2D eigenvalue weighted by Crippen LogP contribution is 2.29. The minimum absolute atomic E-state index is 0.237. The third-order valence-corrected chi connectivity index (χ3v) is 2.49. The molecule has 0 aliphatic rings. The first-order valence-corrected chi connectivity index (χ1v) is 5.41. The van der Waals surface area contributed by atoms with Gasteiger partial charge in [0.2, 0.25) is 11.8 Å². The molecule has 0 fully saturated rings. The molecule has 0 saturated heterocycles. The van der Waals surface area contributed by atoms with Crippen molar-refractivity contribution in [3.63, 3.8) is 0 Å². The molecule has 0 radical (unpaired) electrons. The van der Waals surface area contributed by atoms with Crippen molar-refractivity contribution in [3.8, 4) is 11.6 Å². The second-order valence-corrected chi connectivity index (χ2v) is 3.89. The molecular weight excluding hydrogens is 291 g/mol. The van der Waals surface area contributed by atoms with Crippen LogP contribution in [0.25, 0.3) is 0 Å². The number of anilines is 1. The molecule has 0 atom stereocenters. The minimum Gasteiger partial charge on any atom is -0.438 e. The summed E-state index contributed by atoms with van der Waals surface area (Å²) in [6.07, 6.45) is 1.49. The molecule has 0 saturated carbocycles. The van der Waals surface area contributed by atoms with Crippen LogP contribution in [0.4, 0.5) is 10.3 Å². The van der Waals surface area contributed by atoms with Crippen LogP contribution < -0.4 is 16.0 Å². The summed E-state index contributed by atoms with van der Waals surface area (Å²) in [5.74, 6) is 5.82. The standard InChI is InChI=1S/C10H8BrFN4O/c11-7-5-6(12)1-2-8(7)17-9-3-4-14-10(15-9)16-13/h1-5H,13H2,(H,14,15,16). The van der Waals surface area contributed by atoms with Crippen LogP contribution in [0.2, 0.25) is 0 Å². The van der Waals surface area contributed by atoms with E-state index < -0.39 is 0 Å². The summed E-state index contributed by atoms with van der Waals surface area (Å²) in [6.45, 7) is 0. The Labute approximate surface area is 105 Å². The van der Waals surface area contributed by atoms with Crippen molar-refractivity contribution >= 4 is 21.9 Å². The first-order chi connectivity index (χ1) is 8.19. The molecule has 2 aromatic rings.